The SMILES string of the molecule is Cc1ccc(N2N=N[C@@H]3C(=O)N(c4ccc(F)cc4)C(=O)[C@@H]32)cc1C. The third-order valence-electron chi connectivity index (χ3n) is 4.62. The van der Waals surface area contributed by atoms with Crippen molar-refractivity contribution in [1.29, 1.82) is 0 Å². The Morgan fingerprint density at radius 1 is 0.920 bits per heavy atom. The molecule has 4 rings (SSSR count). The van der Waals surface area contributed by atoms with Crippen molar-refractivity contribution in [2.75, 3.05) is 9.91 Å². The fourth-order valence-electron chi connectivity index (χ4n) is 3.09. The number of anilines is 2. The molecule has 2 amide bonds. The molecule has 2 atom stereocenters. The lowest BCUT2D eigenvalue weighted by Crippen LogP contribution is -2.40. The normalized spacial score (nSPS) is 22.0. The minimum atomic E-state index is -0.876. The quantitative estimate of drug-likeness (QED) is 0.791. The summed E-state index contributed by atoms with van der Waals surface area (Å²) in [5.41, 5.74) is 3.23. The summed E-state index contributed by atoms with van der Waals surface area (Å²) in [7, 11) is 0. The fraction of sp³-hybridized carbons (Fsp3) is 0.222. The zero-order valence-electron chi connectivity index (χ0n) is 13.7. The van der Waals surface area contributed by atoms with E-state index in [-0.39, 0.29) is 0 Å². The summed E-state index contributed by atoms with van der Waals surface area (Å²) in [5.74, 6) is -1.29. The minimum Gasteiger partial charge on any atom is -0.271 e. The molecule has 0 unspecified atom stereocenters. The van der Waals surface area contributed by atoms with Gasteiger partial charge in [-0.05, 0) is 61.4 Å². The smallest absolute Gasteiger partial charge is 0.263 e. The van der Waals surface area contributed by atoms with E-state index >= 15 is 0 Å². The number of halogens is 1. The highest BCUT2D eigenvalue weighted by Gasteiger charge is 2.55. The molecular formula is C18H15FN4O2. The lowest BCUT2D eigenvalue weighted by atomic mass is 10.1. The topological polar surface area (TPSA) is 65.3 Å². The van der Waals surface area contributed by atoms with E-state index in [2.05, 4.69) is 10.3 Å². The molecule has 2 heterocycles. The van der Waals surface area contributed by atoms with Crippen molar-refractivity contribution >= 4 is 23.2 Å². The molecule has 1 fully saturated rings. The lowest BCUT2D eigenvalue weighted by Gasteiger charge is -2.21. The van der Waals surface area contributed by atoms with E-state index in [4.69, 9.17) is 0 Å². The van der Waals surface area contributed by atoms with Gasteiger partial charge in [-0.3, -0.25) is 9.59 Å². The van der Waals surface area contributed by atoms with Crippen LogP contribution in [0, 0.1) is 19.7 Å². The fourth-order valence-corrected chi connectivity index (χ4v) is 3.09. The summed E-state index contributed by atoms with van der Waals surface area (Å²) in [6.07, 6.45) is 0. The molecule has 0 saturated carbocycles. The maximum absolute atomic E-state index is 13.1. The van der Waals surface area contributed by atoms with Gasteiger partial charge in [-0.25, -0.2) is 14.3 Å². The van der Waals surface area contributed by atoms with Crippen LogP contribution >= 0.6 is 0 Å². The second-order valence-corrected chi connectivity index (χ2v) is 6.20. The van der Waals surface area contributed by atoms with Gasteiger partial charge in [0, 0.05) is 0 Å². The standard InChI is InChI=1S/C18H15FN4O2/c1-10-3-6-14(9-11(10)2)23-16-15(20-21-23)17(24)22(18(16)25)13-7-4-12(19)5-8-13/h3-9,15-16H,1-2H3/t15-,16+/m0/s1. The van der Waals surface area contributed by atoms with Gasteiger partial charge in [0.2, 0.25) is 0 Å². The van der Waals surface area contributed by atoms with Crippen LogP contribution in [0.4, 0.5) is 15.8 Å². The van der Waals surface area contributed by atoms with Gasteiger partial charge in [-0.2, -0.15) is 5.11 Å². The molecule has 0 aliphatic carbocycles. The average molecular weight is 338 g/mol. The number of carbonyl (C=O) groups excluding carboxylic acids is 2. The molecule has 1 saturated heterocycles. The third kappa shape index (κ3) is 2.31. The number of aryl methyl sites for hydroxylation is 2. The number of hydrogen-bond acceptors (Lipinski definition) is 5. The Hall–Kier alpha value is -3.09. The molecule has 6 nitrogen and oxygen atoms in total. The Labute approximate surface area is 143 Å². The second kappa shape index (κ2) is 5.47. The van der Waals surface area contributed by atoms with Gasteiger partial charge in [0.05, 0.1) is 11.4 Å². The zero-order valence-corrected chi connectivity index (χ0v) is 13.7. The largest absolute Gasteiger partial charge is 0.271 e. The van der Waals surface area contributed by atoms with Crippen molar-refractivity contribution in [2.24, 2.45) is 10.3 Å². The van der Waals surface area contributed by atoms with Crippen LogP contribution < -0.4 is 9.91 Å². The maximum Gasteiger partial charge on any atom is 0.263 e. The van der Waals surface area contributed by atoms with Crippen LogP contribution in [0.1, 0.15) is 11.1 Å². The number of carbonyl (C=O) groups is 2. The number of rotatable bonds is 2. The molecule has 0 aromatic heterocycles. The van der Waals surface area contributed by atoms with Crippen LogP contribution in [0.25, 0.3) is 0 Å². The zero-order chi connectivity index (χ0) is 17.7. The van der Waals surface area contributed by atoms with E-state index in [0.29, 0.717) is 11.4 Å². The number of amides is 2. The monoisotopic (exact) mass is 338 g/mol. The molecule has 0 spiro atoms. The summed E-state index contributed by atoms with van der Waals surface area (Å²) in [6.45, 7) is 3.96. The third-order valence-corrected chi connectivity index (χ3v) is 4.62. The Bertz CT molecular complexity index is 910. The number of hydrogen-bond donors (Lipinski definition) is 0. The molecule has 0 radical (unpaired) electrons. The van der Waals surface area contributed by atoms with Crippen molar-refractivity contribution < 1.29 is 14.0 Å². The van der Waals surface area contributed by atoms with Gasteiger partial charge in [-0.15, -0.1) is 0 Å². The summed E-state index contributed by atoms with van der Waals surface area (Å²) < 4.78 is 13.1. The molecule has 2 aliphatic rings. The Morgan fingerprint density at radius 2 is 1.60 bits per heavy atom. The van der Waals surface area contributed by atoms with Crippen LogP contribution in [-0.2, 0) is 9.59 Å². The summed E-state index contributed by atoms with van der Waals surface area (Å²) in [5, 5.41) is 9.52. The molecule has 0 N–H and O–H groups in total. The van der Waals surface area contributed by atoms with E-state index in [0.717, 1.165) is 16.0 Å². The van der Waals surface area contributed by atoms with Crippen LogP contribution in [-0.4, -0.2) is 23.9 Å². The average Bonchev–Trinajstić information content (AvgIpc) is 3.13. The first-order valence-corrected chi connectivity index (χ1v) is 7.88. The lowest BCUT2D eigenvalue weighted by molar-refractivity contribution is -0.121. The Balaban J connectivity index is 1.70. The van der Waals surface area contributed by atoms with E-state index in [1.165, 1.54) is 29.3 Å². The summed E-state index contributed by atoms with van der Waals surface area (Å²) in [6, 6.07) is 9.26. The number of fused-ring (bicyclic) bond motifs is 1. The van der Waals surface area contributed by atoms with Crippen molar-refractivity contribution in [1.82, 2.24) is 0 Å². The van der Waals surface area contributed by atoms with Crippen LogP contribution in [0.3, 0.4) is 0 Å². The highest BCUT2D eigenvalue weighted by molar-refractivity contribution is 6.26. The van der Waals surface area contributed by atoms with Crippen LogP contribution in [0.5, 0.6) is 0 Å². The molecular weight excluding hydrogens is 323 g/mol. The van der Waals surface area contributed by atoms with Gasteiger partial charge >= 0.3 is 0 Å². The maximum atomic E-state index is 13.1. The molecule has 2 aromatic carbocycles. The van der Waals surface area contributed by atoms with E-state index in [9.17, 15) is 14.0 Å². The van der Waals surface area contributed by atoms with Gasteiger partial charge < -0.3 is 0 Å². The Morgan fingerprint density at radius 3 is 2.28 bits per heavy atom. The molecule has 2 aliphatic heterocycles. The molecule has 126 valence electrons. The first-order chi connectivity index (χ1) is 12.0. The van der Waals surface area contributed by atoms with Crippen molar-refractivity contribution in [3.8, 4) is 0 Å². The Kier molecular flexibility index (Phi) is 3.38. The van der Waals surface area contributed by atoms with E-state index in [1.54, 1.807) is 0 Å². The van der Waals surface area contributed by atoms with Crippen molar-refractivity contribution in [2.45, 2.75) is 25.9 Å². The minimum absolute atomic E-state index is 0.334. The van der Waals surface area contributed by atoms with Gasteiger partial charge in [0.15, 0.2) is 12.1 Å². The van der Waals surface area contributed by atoms with E-state index < -0.39 is 29.7 Å². The van der Waals surface area contributed by atoms with Gasteiger partial charge in [0.1, 0.15) is 5.82 Å². The summed E-state index contributed by atoms with van der Waals surface area (Å²) >= 11 is 0. The van der Waals surface area contributed by atoms with Crippen molar-refractivity contribution in [3.05, 3.63) is 59.4 Å². The highest BCUT2D eigenvalue weighted by atomic mass is 19.1. The van der Waals surface area contributed by atoms with Gasteiger partial charge in [0.25, 0.3) is 11.8 Å². The first kappa shape index (κ1) is 15.4. The number of benzene rings is 2. The number of imide groups is 1. The van der Waals surface area contributed by atoms with Crippen LogP contribution in [0.15, 0.2) is 52.8 Å². The molecule has 0 bridgehead atoms. The first-order valence-electron chi connectivity index (χ1n) is 7.88. The van der Waals surface area contributed by atoms with E-state index in [1.807, 2.05) is 32.0 Å². The molecule has 7 heteroatoms. The number of nitrogens with zero attached hydrogens (tertiary/aromatic N) is 4. The predicted molar refractivity (Wildman–Crippen MR) is 89.7 cm³/mol. The second-order valence-electron chi connectivity index (χ2n) is 6.20. The summed E-state index contributed by atoms with van der Waals surface area (Å²) in [4.78, 5) is 26.5. The highest BCUT2D eigenvalue weighted by Crippen LogP contribution is 2.35. The molecule has 25 heavy (non-hydrogen) atoms. The van der Waals surface area contributed by atoms with Gasteiger partial charge in [-0.1, -0.05) is 11.3 Å². The predicted octanol–water partition coefficient (Wildman–Crippen LogP) is 2.94. The molecule has 2 aromatic rings. The van der Waals surface area contributed by atoms with Crippen LogP contribution in [0.2, 0.25) is 0 Å². The van der Waals surface area contributed by atoms with Crippen molar-refractivity contribution in [3.63, 3.8) is 0 Å².